The number of aliphatic hydroxyl groups excluding tert-OH is 1. The summed E-state index contributed by atoms with van der Waals surface area (Å²) in [6, 6.07) is 0. The van der Waals surface area contributed by atoms with Crippen LogP contribution >= 0.6 is 0 Å². The van der Waals surface area contributed by atoms with Gasteiger partial charge in [-0.25, -0.2) is 0 Å². The summed E-state index contributed by atoms with van der Waals surface area (Å²) in [7, 11) is 0.136. The van der Waals surface area contributed by atoms with Crippen molar-refractivity contribution >= 4 is 16.8 Å². The maximum absolute atomic E-state index is 11.2. The number of aliphatic hydroxyl groups is 1. The molecule has 2 atom stereocenters. The fraction of sp³-hybridized carbons (Fsp3) is 0.875. The zero-order valence-corrected chi connectivity index (χ0v) is 9.21. The smallest absolute Gasteiger partial charge is 0.321 e. The Balaban J connectivity index is 3.80. The second-order valence-corrected chi connectivity index (χ2v) is 4.49. The lowest BCUT2D eigenvalue weighted by Crippen LogP contribution is -2.28. The molecular weight excluding hydrogens is 208 g/mol. The molecule has 0 fully saturated rings. The molecule has 0 aliphatic heterocycles. The van der Waals surface area contributed by atoms with Crippen LogP contribution in [0.4, 0.5) is 0 Å². The number of esters is 1. The molecule has 0 heterocycles. The molecule has 0 saturated carbocycles. The molecule has 0 rings (SSSR count). The molecule has 0 aliphatic carbocycles. The summed E-state index contributed by atoms with van der Waals surface area (Å²) >= 11 is 0. The Hall–Kier alpha value is -0.460. The highest BCUT2D eigenvalue weighted by molar-refractivity contribution is 7.86. The van der Waals surface area contributed by atoms with Crippen LogP contribution in [0.1, 0.15) is 6.92 Å². The average Bonchev–Trinajstić information content (AvgIpc) is 2.17. The van der Waals surface area contributed by atoms with Crippen LogP contribution < -0.4 is 0 Å². The molecule has 0 spiro atoms. The fourth-order valence-corrected chi connectivity index (χ4v) is 1.53. The zero-order chi connectivity index (χ0) is 11.0. The summed E-state index contributed by atoms with van der Waals surface area (Å²) in [5, 5.41) is 7.82. The van der Waals surface area contributed by atoms with Gasteiger partial charge in [-0.2, -0.15) is 0 Å². The molecule has 1 N–H and O–H groups in total. The molecule has 6 heteroatoms. The number of carbonyl (C=O) groups is 1. The van der Waals surface area contributed by atoms with Crippen molar-refractivity contribution in [2.45, 2.75) is 12.2 Å². The van der Waals surface area contributed by atoms with Gasteiger partial charge in [0.15, 0.2) is 0 Å². The van der Waals surface area contributed by atoms with E-state index in [1.54, 1.807) is 0 Å². The summed E-state index contributed by atoms with van der Waals surface area (Å²) in [6.45, 7) is 1.81. The van der Waals surface area contributed by atoms with Gasteiger partial charge >= 0.3 is 5.97 Å². The van der Waals surface area contributed by atoms with E-state index in [4.69, 9.17) is 9.84 Å². The SMILES string of the molecule is COCCOC(=O)C(C)S(=O)CCO. The van der Waals surface area contributed by atoms with Crippen LogP contribution in [0.5, 0.6) is 0 Å². The minimum absolute atomic E-state index is 0.0978. The number of ether oxygens (including phenoxy) is 2. The summed E-state index contributed by atoms with van der Waals surface area (Å²) in [5.74, 6) is -0.422. The predicted octanol–water partition coefficient (Wildman–Crippen LogP) is -0.694. The topological polar surface area (TPSA) is 72.8 Å². The molecule has 5 nitrogen and oxygen atoms in total. The molecule has 0 aliphatic rings. The number of hydrogen-bond acceptors (Lipinski definition) is 5. The Kier molecular flexibility index (Phi) is 7.64. The third kappa shape index (κ3) is 5.31. The minimum Gasteiger partial charge on any atom is -0.462 e. The van der Waals surface area contributed by atoms with Gasteiger partial charge in [0.1, 0.15) is 11.9 Å². The summed E-state index contributed by atoms with van der Waals surface area (Å²) in [4.78, 5) is 11.2. The van der Waals surface area contributed by atoms with Crippen molar-refractivity contribution < 1.29 is 23.6 Å². The van der Waals surface area contributed by atoms with E-state index in [-0.39, 0.29) is 19.0 Å². The average molecular weight is 224 g/mol. The largest absolute Gasteiger partial charge is 0.462 e. The highest BCUT2D eigenvalue weighted by atomic mass is 32.2. The van der Waals surface area contributed by atoms with Crippen molar-refractivity contribution in [3.63, 3.8) is 0 Å². The molecule has 0 saturated heterocycles. The number of carbonyl (C=O) groups excluding carboxylic acids is 1. The van der Waals surface area contributed by atoms with Gasteiger partial charge in [-0.15, -0.1) is 0 Å². The van der Waals surface area contributed by atoms with E-state index in [0.29, 0.717) is 6.61 Å². The van der Waals surface area contributed by atoms with Crippen LogP contribution in [0.25, 0.3) is 0 Å². The first-order valence-corrected chi connectivity index (χ1v) is 5.65. The van der Waals surface area contributed by atoms with E-state index in [1.165, 1.54) is 14.0 Å². The first kappa shape index (κ1) is 13.5. The van der Waals surface area contributed by atoms with E-state index in [9.17, 15) is 9.00 Å². The first-order chi connectivity index (χ1) is 6.63. The Morgan fingerprint density at radius 3 is 2.64 bits per heavy atom. The number of hydrogen-bond donors (Lipinski definition) is 1. The maximum Gasteiger partial charge on any atom is 0.321 e. The lowest BCUT2D eigenvalue weighted by molar-refractivity contribution is -0.143. The number of rotatable bonds is 7. The quantitative estimate of drug-likeness (QED) is 0.457. The highest BCUT2D eigenvalue weighted by Crippen LogP contribution is 1.99. The van der Waals surface area contributed by atoms with Gasteiger partial charge in [0, 0.05) is 23.7 Å². The van der Waals surface area contributed by atoms with Gasteiger partial charge in [-0.05, 0) is 6.92 Å². The van der Waals surface area contributed by atoms with Crippen LogP contribution in [0, 0.1) is 0 Å². The van der Waals surface area contributed by atoms with Gasteiger partial charge < -0.3 is 14.6 Å². The Labute approximate surface area is 85.9 Å². The Morgan fingerprint density at radius 1 is 1.50 bits per heavy atom. The summed E-state index contributed by atoms with van der Waals surface area (Å²) < 4.78 is 20.7. The van der Waals surface area contributed by atoms with E-state index in [2.05, 4.69) is 4.74 Å². The van der Waals surface area contributed by atoms with Crippen LogP contribution in [0.2, 0.25) is 0 Å². The standard InChI is InChI=1S/C8H16O5S/c1-7(14(11)6-3-9)8(10)13-5-4-12-2/h7,9H,3-6H2,1-2H3. The number of methoxy groups -OCH3 is 1. The Morgan fingerprint density at radius 2 is 2.14 bits per heavy atom. The van der Waals surface area contributed by atoms with Crippen molar-refractivity contribution in [2.24, 2.45) is 0 Å². The van der Waals surface area contributed by atoms with Gasteiger partial charge in [0.25, 0.3) is 0 Å². The van der Waals surface area contributed by atoms with Crippen molar-refractivity contribution in [3.05, 3.63) is 0 Å². The fourth-order valence-electron chi connectivity index (χ4n) is 0.717. The molecule has 84 valence electrons. The molecule has 14 heavy (non-hydrogen) atoms. The summed E-state index contributed by atoms with van der Waals surface area (Å²) in [5.41, 5.74) is 0. The predicted molar refractivity (Wildman–Crippen MR) is 52.4 cm³/mol. The second-order valence-electron chi connectivity index (χ2n) is 2.61. The third-order valence-corrected chi connectivity index (χ3v) is 3.12. The van der Waals surface area contributed by atoms with Crippen LogP contribution in [0.3, 0.4) is 0 Å². The lowest BCUT2D eigenvalue weighted by atomic mass is 10.5. The van der Waals surface area contributed by atoms with Crippen molar-refractivity contribution in [3.8, 4) is 0 Å². The molecule has 0 bridgehead atoms. The van der Waals surface area contributed by atoms with Crippen molar-refractivity contribution in [1.82, 2.24) is 0 Å². The molecule has 0 radical (unpaired) electrons. The Bertz CT molecular complexity index is 194. The van der Waals surface area contributed by atoms with E-state index >= 15 is 0 Å². The van der Waals surface area contributed by atoms with Gasteiger partial charge in [-0.3, -0.25) is 9.00 Å². The van der Waals surface area contributed by atoms with Crippen molar-refractivity contribution in [2.75, 3.05) is 32.7 Å². The third-order valence-electron chi connectivity index (χ3n) is 1.55. The van der Waals surface area contributed by atoms with E-state index in [1.807, 2.05) is 0 Å². The lowest BCUT2D eigenvalue weighted by Gasteiger charge is -2.10. The maximum atomic E-state index is 11.2. The monoisotopic (exact) mass is 224 g/mol. The molecular formula is C8H16O5S. The second kappa shape index (κ2) is 7.90. The van der Waals surface area contributed by atoms with Gasteiger partial charge in [-0.1, -0.05) is 0 Å². The molecule has 0 amide bonds. The van der Waals surface area contributed by atoms with Crippen LogP contribution in [0.15, 0.2) is 0 Å². The zero-order valence-electron chi connectivity index (χ0n) is 8.39. The van der Waals surface area contributed by atoms with Crippen LogP contribution in [-0.4, -0.2) is 53.2 Å². The first-order valence-electron chi connectivity index (χ1n) is 4.27. The normalized spacial score (nSPS) is 14.8. The molecule has 2 unspecified atom stereocenters. The molecule has 0 aromatic carbocycles. The molecule has 0 aromatic rings. The van der Waals surface area contributed by atoms with Crippen molar-refractivity contribution in [1.29, 1.82) is 0 Å². The van der Waals surface area contributed by atoms with E-state index < -0.39 is 22.0 Å². The molecule has 0 aromatic heterocycles. The van der Waals surface area contributed by atoms with Crippen LogP contribution in [-0.2, 0) is 25.1 Å². The summed E-state index contributed by atoms with van der Waals surface area (Å²) in [6.07, 6.45) is 0. The minimum atomic E-state index is -1.37. The van der Waals surface area contributed by atoms with Gasteiger partial charge in [0.05, 0.1) is 13.2 Å². The highest BCUT2D eigenvalue weighted by Gasteiger charge is 2.20. The van der Waals surface area contributed by atoms with Gasteiger partial charge in [0.2, 0.25) is 0 Å². The van der Waals surface area contributed by atoms with E-state index in [0.717, 1.165) is 0 Å².